The Morgan fingerprint density at radius 2 is 1.59 bits per heavy atom. The maximum atomic E-state index is 12.8. The van der Waals surface area contributed by atoms with Crippen molar-refractivity contribution in [3.05, 3.63) is 30.1 Å². The topological polar surface area (TPSA) is 24.9 Å². The molecule has 0 amide bonds. The normalized spacial score (nSPS) is 16.8. The Morgan fingerprint density at radius 1 is 0.955 bits per heavy atom. The summed E-state index contributed by atoms with van der Waals surface area (Å²) in [4.78, 5) is 4.94. The van der Waals surface area contributed by atoms with Gasteiger partial charge in [-0.1, -0.05) is 0 Å². The Kier molecular flexibility index (Phi) is 7.63. The smallest absolute Gasteiger partial charge is 0.123 e. The zero-order valence-corrected chi connectivity index (χ0v) is 13.5. The van der Waals surface area contributed by atoms with Crippen LogP contribution >= 0.6 is 0 Å². The standard InChI is InChI=1S/C17H27FN2O2/c1-2-21-15-13-20-11-9-19(10-12-20)8-3-14-22-17-6-4-16(18)5-7-17/h4-7H,2-3,8-15H2,1H3. The molecule has 22 heavy (non-hydrogen) atoms. The molecule has 2 rings (SSSR count). The molecule has 0 aromatic heterocycles. The van der Waals surface area contributed by atoms with Gasteiger partial charge in [-0.15, -0.1) is 0 Å². The molecule has 4 nitrogen and oxygen atoms in total. The van der Waals surface area contributed by atoms with E-state index in [9.17, 15) is 4.39 Å². The molecule has 1 aliphatic heterocycles. The molecule has 0 spiro atoms. The number of hydrogen-bond donors (Lipinski definition) is 0. The summed E-state index contributed by atoms with van der Waals surface area (Å²) in [6, 6.07) is 6.20. The number of halogens is 1. The van der Waals surface area contributed by atoms with Crippen LogP contribution in [0.3, 0.4) is 0 Å². The molecule has 0 unspecified atom stereocenters. The summed E-state index contributed by atoms with van der Waals surface area (Å²) < 4.78 is 23.8. The van der Waals surface area contributed by atoms with Gasteiger partial charge in [-0.25, -0.2) is 4.39 Å². The second kappa shape index (κ2) is 9.77. The number of piperazine rings is 1. The summed E-state index contributed by atoms with van der Waals surface area (Å²) in [6.07, 6.45) is 0.996. The minimum absolute atomic E-state index is 0.227. The lowest BCUT2D eigenvalue weighted by Crippen LogP contribution is -2.47. The van der Waals surface area contributed by atoms with Crippen LogP contribution in [0.25, 0.3) is 0 Å². The van der Waals surface area contributed by atoms with E-state index >= 15 is 0 Å². The van der Waals surface area contributed by atoms with Crippen molar-refractivity contribution >= 4 is 0 Å². The van der Waals surface area contributed by atoms with E-state index in [0.717, 1.165) is 64.7 Å². The predicted molar refractivity (Wildman–Crippen MR) is 85.9 cm³/mol. The molecule has 1 aromatic rings. The van der Waals surface area contributed by atoms with Crippen molar-refractivity contribution in [1.29, 1.82) is 0 Å². The maximum absolute atomic E-state index is 12.8. The molecule has 1 saturated heterocycles. The maximum Gasteiger partial charge on any atom is 0.123 e. The van der Waals surface area contributed by atoms with Gasteiger partial charge >= 0.3 is 0 Å². The molecule has 0 aliphatic carbocycles. The minimum atomic E-state index is -0.227. The highest BCUT2D eigenvalue weighted by Crippen LogP contribution is 2.11. The Bertz CT molecular complexity index is 406. The second-order valence-corrected chi connectivity index (χ2v) is 5.54. The summed E-state index contributed by atoms with van der Waals surface area (Å²) >= 11 is 0. The van der Waals surface area contributed by atoms with Crippen molar-refractivity contribution in [3.8, 4) is 5.75 Å². The van der Waals surface area contributed by atoms with Gasteiger partial charge in [0.15, 0.2) is 0 Å². The van der Waals surface area contributed by atoms with Crippen molar-refractivity contribution in [1.82, 2.24) is 9.80 Å². The number of hydrogen-bond acceptors (Lipinski definition) is 4. The van der Waals surface area contributed by atoms with Crippen LogP contribution in [0.1, 0.15) is 13.3 Å². The first-order chi connectivity index (χ1) is 10.8. The summed E-state index contributed by atoms with van der Waals surface area (Å²) in [6.45, 7) is 10.9. The molecule has 0 N–H and O–H groups in total. The fourth-order valence-corrected chi connectivity index (χ4v) is 2.58. The summed E-state index contributed by atoms with van der Waals surface area (Å²) in [5.41, 5.74) is 0. The highest BCUT2D eigenvalue weighted by Gasteiger charge is 2.15. The lowest BCUT2D eigenvalue weighted by molar-refractivity contribution is 0.0791. The summed E-state index contributed by atoms with van der Waals surface area (Å²) in [5.74, 6) is 0.511. The molecule has 0 radical (unpaired) electrons. The van der Waals surface area contributed by atoms with Gasteiger partial charge in [0.1, 0.15) is 11.6 Å². The van der Waals surface area contributed by atoms with Crippen LogP contribution in [0, 0.1) is 5.82 Å². The van der Waals surface area contributed by atoms with Crippen molar-refractivity contribution in [3.63, 3.8) is 0 Å². The molecule has 1 fully saturated rings. The van der Waals surface area contributed by atoms with E-state index in [2.05, 4.69) is 9.80 Å². The highest BCUT2D eigenvalue weighted by atomic mass is 19.1. The Hall–Kier alpha value is -1.17. The van der Waals surface area contributed by atoms with Crippen molar-refractivity contribution < 1.29 is 13.9 Å². The number of nitrogens with zero attached hydrogens (tertiary/aromatic N) is 2. The van der Waals surface area contributed by atoms with Gasteiger partial charge in [0.25, 0.3) is 0 Å². The van der Waals surface area contributed by atoms with Crippen molar-refractivity contribution in [2.45, 2.75) is 13.3 Å². The zero-order valence-electron chi connectivity index (χ0n) is 13.5. The lowest BCUT2D eigenvalue weighted by Gasteiger charge is -2.34. The molecule has 1 heterocycles. The largest absolute Gasteiger partial charge is 0.494 e. The lowest BCUT2D eigenvalue weighted by atomic mass is 10.3. The monoisotopic (exact) mass is 310 g/mol. The molecular formula is C17H27FN2O2. The fraction of sp³-hybridized carbons (Fsp3) is 0.647. The summed E-state index contributed by atoms with van der Waals surface area (Å²) in [5, 5.41) is 0. The Balaban J connectivity index is 1.52. The third-order valence-electron chi connectivity index (χ3n) is 3.92. The van der Waals surface area contributed by atoms with Crippen LogP contribution in [-0.2, 0) is 4.74 Å². The van der Waals surface area contributed by atoms with Gasteiger partial charge in [-0.05, 0) is 37.6 Å². The van der Waals surface area contributed by atoms with E-state index in [4.69, 9.17) is 9.47 Å². The third kappa shape index (κ3) is 6.30. The molecule has 124 valence electrons. The molecule has 0 saturated carbocycles. The predicted octanol–water partition coefficient (Wildman–Crippen LogP) is 2.25. The molecular weight excluding hydrogens is 283 g/mol. The van der Waals surface area contributed by atoms with E-state index in [1.165, 1.54) is 12.1 Å². The first-order valence-electron chi connectivity index (χ1n) is 8.18. The van der Waals surface area contributed by atoms with Crippen LogP contribution in [0.2, 0.25) is 0 Å². The van der Waals surface area contributed by atoms with Gasteiger partial charge in [-0.3, -0.25) is 4.90 Å². The van der Waals surface area contributed by atoms with Crippen LogP contribution in [-0.4, -0.2) is 68.9 Å². The van der Waals surface area contributed by atoms with Gasteiger partial charge in [0.2, 0.25) is 0 Å². The van der Waals surface area contributed by atoms with Crippen LogP contribution in [0.5, 0.6) is 5.75 Å². The average Bonchev–Trinajstić information content (AvgIpc) is 2.55. The van der Waals surface area contributed by atoms with E-state index in [1.54, 1.807) is 12.1 Å². The van der Waals surface area contributed by atoms with E-state index in [-0.39, 0.29) is 5.82 Å². The molecule has 5 heteroatoms. The van der Waals surface area contributed by atoms with Crippen LogP contribution in [0.15, 0.2) is 24.3 Å². The SMILES string of the molecule is CCOCCN1CCN(CCCOc2ccc(F)cc2)CC1. The molecule has 1 aliphatic rings. The fourth-order valence-electron chi connectivity index (χ4n) is 2.58. The quantitative estimate of drug-likeness (QED) is 0.653. The molecule has 0 bridgehead atoms. The van der Waals surface area contributed by atoms with Gasteiger partial charge in [0.05, 0.1) is 13.2 Å². The van der Waals surface area contributed by atoms with E-state index in [1.807, 2.05) is 6.92 Å². The summed E-state index contributed by atoms with van der Waals surface area (Å²) in [7, 11) is 0. The first-order valence-corrected chi connectivity index (χ1v) is 8.18. The number of ether oxygens (including phenoxy) is 2. The van der Waals surface area contributed by atoms with Gasteiger partial charge < -0.3 is 14.4 Å². The first kappa shape index (κ1) is 17.2. The highest BCUT2D eigenvalue weighted by molar-refractivity contribution is 5.21. The van der Waals surface area contributed by atoms with Gasteiger partial charge in [-0.2, -0.15) is 0 Å². The zero-order chi connectivity index (χ0) is 15.6. The van der Waals surface area contributed by atoms with Crippen LogP contribution in [0.4, 0.5) is 4.39 Å². The number of benzene rings is 1. The Labute approximate surface area is 132 Å². The van der Waals surface area contributed by atoms with E-state index in [0.29, 0.717) is 6.61 Å². The third-order valence-corrected chi connectivity index (χ3v) is 3.92. The second-order valence-electron chi connectivity index (χ2n) is 5.54. The Morgan fingerprint density at radius 3 is 2.23 bits per heavy atom. The average molecular weight is 310 g/mol. The van der Waals surface area contributed by atoms with E-state index < -0.39 is 0 Å². The minimum Gasteiger partial charge on any atom is -0.494 e. The number of rotatable bonds is 9. The van der Waals surface area contributed by atoms with Crippen molar-refractivity contribution in [2.24, 2.45) is 0 Å². The van der Waals surface area contributed by atoms with Crippen LogP contribution < -0.4 is 4.74 Å². The molecule has 1 aromatic carbocycles. The van der Waals surface area contributed by atoms with Crippen molar-refractivity contribution in [2.75, 3.05) is 59.1 Å². The van der Waals surface area contributed by atoms with Gasteiger partial charge in [0, 0.05) is 45.9 Å². The molecule has 0 atom stereocenters.